The summed E-state index contributed by atoms with van der Waals surface area (Å²) in [6, 6.07) is 3.27. The van der Waals surface area contributed by atoms with Gasteiger partial charge in [0.15, 0.2) is 0 Å². The fraction of sp³-hybridized carbons (Fsp3) is 0.533. The van der Waals surface area contributed by atoms with Crippen LogP contribution in [0.1, 0.15) is 12.8 Å². The Morgan fingerprint density at radius 2 is 2.00 bits per heavy atom. The molecule has 0 atom stereocenters. The van der Waals surface area contributed by atoms with Crippen LogP contribution in [0.25, 0.3) is 0 Å². The second kappa shape index (κ2) is 7.67. The quantitative estimate of drug-likeness (QED) is 0.874. The van der Waals surface area contributed by atoms with Gasteiger partial charge < -0.3 is 9.80 Å². The van der Waals surface area contributed by atoms with E-state index in [1.807, 2.05) is 0 Å². The summed E-state index contributed by atoms with van der Waals surface area (Å²) in [4.78, 5) is 15.1. The van der Waals surface area contributed by atoms with Gasteiger partial charge in [-0.1, -0.05) is 11.6 Å². The van der Waals surface area contributed by atoms with E-state index in [2.05, 4.69) is 4.72 Å². The van der Waals surface area contributed by atoms with Crippen molar-refractivity contribution in [3.63, 3.8) is 0 Å². The van der Waals surface area contributed by atoms with Crippen LogP contribution in [-0.2, 0) is 10.0 Å². The summed E-state index contributed by atoms with van der Waals surface area (Å²) in [5.74, 6) is -0.504. The van der Waals surface area contributed by atoms with Crippen LogP contribution in [-0.4, -0.2) is 58.0 Å². The molecular formula is C15H21ClFN3O3S. The second-order valence-electron chi connectivity index (χ2n) is 6.04. The van der Waals surface area contributed by atoms with E-state index in [1.165, 1.54) is 11.0 Å². The normalized spacial score (nSPS) is 16.2. The first kappa shape index (κ1) is 19.0. The molecule has 0 radical (unpaired) electrons. The number of sulfonamides is 1. The number of amides is 2. The monoisotopic (exact) mass is 377 g/mol. The van der Waals surface area contributed by atoms with Gasteiger partial charge in [0, 0.05) is 33.7 Å². The molecule has 0 bridgehead atoms. The van der Waals surface area contributed by atoms with Crippen molar-refractivity contribution in [3.05, 3.63) is 29.0 Å². The highest BCUT2D eigenvalue weighted by molar-refractivity contribution is 7.89. The molecule has 9 heteroatoms. The van der Waals surface area contributed by atoms with Crippen molar-refractivity contribution in [1.29, 1.82) is 0 Å². The van der Waals surface area contributed by atoms with Crippen molar-refractivity contribution in [2.24, 2.45) is 5.92 Å². The van der Waals surface area contributed by atoms with Crippen molar-refractivity contribution in [3.8, 4) is 0 Å². The number of likely N-dealkylation sites (tertiary alicyclic amines) is 1. The number of piperidine rings is 1. The van der Waals surface area contributed by atoms with Crippen LogP contribution in [0.15, 0.2) is 23.1 Å². The van der Waals surface area contributed by atoms with E-state index in [4.69, 9.17) is 11.6 Å². The van der Waals surface area contributed by atoms with Gasteiger partial charge in [-0.2, -0.15) is 0 Å². The van der Waals surface area contributed by atoms with E-state index in [1.54, 1.807) is 19.0 Å². The largest absolute Gasteiger partial charge is 0.331 e. The Bertz CT molecular complexity index is 704. The maximum Gasteiger partial charge on any atom is 0.319 e. The number of nitrogens with zero attached hydrogens (tertiary/aromatic N) is 2. The van der Waals surface area contributed by atoms with E-state index >= 15 is 0 Å². The highest BCUT2D eigenvalue weighted by Gasteiger charge is 2.25. The maximum atomic E-state index is 13.1. The van der Waals surface area contributed by atoms with Gasteiger partial charge in [0.1, 0.15) is 5.82 Å². The lowest BCUT2D eigenvalue weighted by Crippen LogP contribution is -2.45. The minimum absolute atomic E-state index is 0.0324. The standard InChI is InChI=1S/C15H21ClFN3O3S/c1-19(2)15(21)20-7-5-11(6-8-20)10-18-24(22,23)12-3-4-14(17)13(16)9-12/h3-4,9,11,18H,5-8,10H2,1-2H3. The van der Waals surface area contributed by atoms with Gasteiger partial charge in [0.05, 0.1) is 9.92 Å². The topological polar surface area (TPSA) is 69.7 Å². The number of urea groups is 1. The van der Waals surface area contributed by atoms with Crippen LogP contribution < -0.4 is 4.72 Å². The Balaban J connectivity index is 1.89. The molecule has 134 valence electrons. The Labute approximate surface area is 146 Å². The fourth-order valence-corrected chi connectivity index (χ4v) is 3.95. The lowest BCUT2D eigenvalue weighted by atomic mass is 9.97. The van der Waals surface area contributed by atoms with Gasteiger partial charge in [0.25, 0.3) is 0 Å². The van der Waals surface area contributed by atoms with Crippen molar-refractivity contribution >= 4 is 27.7 Å². The first-order valence-electron chi connectivity index (χ1n) is 7.61. The zero-order chi connectivity index (χ0) is 17.9. The smallest absolute Gasteiger partial charge is 0.319 e. The predicted octanol–water partition coefficient (Wildman–Crippen LogP) is 2.15. The highest BCUT2D eigenvalue weighted by atomic mass is 35.5. The Morgan fingerprint density at radius 3 is 2.54 bits per heavy atom. The van der Waals surface area contributed by atoms with E-state index in [0.717, 1.165) is 25.0 Å². The summed E-state index contributed by atoms with van der Waals surface area (Å²) in [5, 5.41) is -0.228. The van der Waals surface area contributed by atoms with Gasteiger partial charge in [-0.05, 0) is 37.0 Å². The van der Waals surface area contributed by atoms with Crippen molar-refractivity contribution in [2.45, 2.75) is 17.7 Å². The molecule has 2 rings (SSSR count). The lowest BCUT2D eigenvalue weighted by molar-refractivity contribution is 0.148. The van der Waals surface area contributed by atoms with Gasteiger partial charge in [0.2, 0.25) is 10.0 Å². The van der Waals surface area contributed by atoms with Crippen LogP contribution in [0.4, 0.5) is 9.18 Å². The first-order valence-corrected chi connectivity index (χ1v) is 9.48. The SMILES string of the molecule is CN(C)C(=O)N1CCC(CNS(=O)(=O)c2ccc(F)c(Cl)c2)CC1. The third-order valence-electron chi connectivity index (χ3n) is 4.03. The molecule has 2 amide bonds. The summed E-state index contributed by atoms with van der Waals surface area (Å²) in [5.41, 5.74) is 0. The molecule has 0 saturated carbocycles. The average Bonchev–Trinajstić information content (AvgIpc) is 2.55. The number of hydrogen-bond acceptors (Lipinski definition) is 3. The molecule has 0 unspecified atom stereocenters. The van der Waals surface area contributed by atoms with Crippen molar-refractivity contribution in [2.75, 3.05) is 33.7 Å². The summed E-state index contributed by atoms with van der Waals surface area (Å²) in [6.45, 7) is 1.49. The van der Waals surface area contributed by atoms with Crippen LogP contribution in [0.3, 0.4) is 0 Å². The molecule has 0 aromatic heterocycles. The first-order chi connectivity index (χ1) is 11.2. The van der Waals surface area contributed by atoms with E-state index in [0.29, 0.717) is 13.1 Å². The molecule has 1 aliphatic heterocycles. The van der Waals surface area contributed by atoms with Gasteiger partial charge in [-0.15, -0.1) is 0 Å². The second-order valence-corrected chi connectivity index (χ2v) is 8.21. The molecule has 1 heterocycles. The van der Waals surface area contributed by atoms with Crippen LogP contribution in [0, 0.1) is 11.7 Å². The molecule has 1 aromatic rings. The summed E-state index contributed by atoms with van der Waals surface area (Å²) in [7, 11) is -0.323. The predicted molar refractivity (Wildman–Crippen MR) is 90.0 cm³/mol. The van der Waals surface area contributed by atoms with Gasteiger partial charge in [-0.3, -0.25) is 0 Å². The molecule has 1 fully saturated rings. The molecule has 6 nitrogen and oxygen atoms in total. The van der Waals surface area contributed by atoms with E-state index < -0.39 is 15.8 Å². The molecule has 0 spiro atoms. The highest BCUT2D eigenvalue weighted by Crippen LogP contribution is 2.21. The van der Waals surface area contributed by atoms with Crippen LogP contribution in [0.5, 0.6) is 0 Å². The van der Waals surface area contributed by atoms with Crippen LogP contribution >= 0.6 is 11.6 Å². The van der Waals surface area contributed by atoms with Gasteiger partial charge in [-0.25, -0.2) is 22.3 Å². The number of carbonyl (C=O) groups excluding carboxylic acids is 1. The number of carbonyl (C=O) groups is 1. The molecule has 24 heavy (non-hydrogen) atoms. The Morgan fingerprint density at radius 1 is 1.38 bits per heavy atom. The van der Waals surface area contributed by atoms with Crippen LogP contribution in [0.2, 0.25) is 5.02 Å². The van der Waals surface area contributed by atoms with E-state index in [9.17, 15) is 17.6 Å². The average molecular weight is 378 g/mol. The van der Waals surface area contributed by atoms with Crippen molar-refractivity contribution < 1.29 is 17.6 Å². The molecular weight excluding hydrogens is 357 g/mol. The van der Waals surface area contributed by atoms with Gasteiger partial charge >= 0.3 is 6.03 Å². The molecule has 1 N–H and O–H groups in total. The summed E-state index contributed by atoms with van der Waals surface area (Å²) >= 11 is 5.63. The number of nitrogens with one attached hydrogen (secondary N) is 1. The molecule has 1 aromatic carbocycles. The third-order valence-corrected chi connectivity index (χ3v) is 5.74. The number of benzene rings is 1. The number of halogens is 2. The Kier molecular flexibility index (Phi) is 6.06. The lowest BCUT2D eigenvalue weighted by Gasteiger charge is -2.33. The maximum absolute atomic E-state index is 13.1. The van der Waals surface area contributed by atoms with E-state index in [-0.39, 0.29) is 28.4 Å². The zero-order valence-electron chi connectivity index (χ0n) is 13.6. The molecule has 1 aliphatic rings. The molecule has 0 aliphatic carbocycles. The zero-order valence-corrected chi connectivity index (χ0v) is 15.2. The third kappa shape index (κ3) is 4.58. The summed E-state index contributed by atoms with van der Waals surface area (Å²) in [6.07, 6.45) is 1.46. The Hall–Kier alpha value is -1.38. The summed E-state index contributed by atoms with van der Waals surface area (Å²) < 4.78 is 40.1. The number of rotatable bonds is 4. The fourth-order valence-electron chi connectivity index (χ4n) is 2.57. The molecule has 1 saturated heterocycles. The minimum Gasteiger partial charge on any atom is -0.331 e. The van der Waals surface area contributed by atoms with Crippen molar-refractivity contribution in [1.82, 2.24) is 14.5 Å². The number of hydrogen-bond donors (Lipinski definition) is 1. The minimum atomic E-state index is -3.73.